The zero-order chi connectivity index (χ0) is 23.1. The van der Waals surface area contributed by atoms with Gasteiger partial charge in [0.25, 0.3) is 0 Å². The predicted molar refractivity (Wildman–Crippen MR) is 115 cm³/mol. The van der Waals surface area contributed by atoms with E-state index in [0.717, 1.165) is 16.6 Å². The van der Waals surface area contributed by atoms with Crippen LogP contribution >= 0.6 is 0 Å². The molecule has 1 aliphatic heterocycles. The maximum Gasteiger partial charge on any atom is 0.449 e. The van der Waals surface area contributed by atoms with Crippen molar-refractivity contribution in [3.8, 4) is 0 Å². The molecule has 6 nitrogen and oxygen atoms in total. The van der Waals surface area contributed by atoms with E-state index in [1.54, 1.807) is 18.2 Å². The summed E-state index contributed by atoms with van der Waals surface area (Å²) in [6.07, 6.45) is -1.84. The minimum absolute atomic E-state index is 0.130. The van der Waals surface area contributed by atoms with E-state index >= 15 is 0 Å². The fourth-order valence-electron chi connectivity index (χ4n) is 4.23. The monoisotopic (exact) mass is 466 g/mol. The van der Waals surface area contributed by atoms with Gasteiger partial charge in [0, 0.05) is 25.3 Å². The second kappa shape index (κ2) is 8.47. The third-order valence-corrected chi connectivity index (χ3v) is 7.61. The van der Waals surface area contributed by atoms with Crippen LogP contribution in [0.2, 0.25) is 0 Å². The topological polar surface area (TPSA) is 68.1 Å². The molecular weight excluding hydrogens is 441 g/mol. The van der Waals surface area contributed by atoms with Crippen molar-refractivity contribution in [3.05, 3.63) is 54.0 Å². The van der Waals surface area contributed by atoms with Crippen molar-refractivity contribution >= 4 is 21.2 Å². The van der Waals surface area contributed by atoms with Gasteiger partial charge in [0.2, 0.25) is 15.8 Å². The molecule has 3 aromatic rings. The Hall–Kier alpha value is -2.46. The third-order valence-electron chi connectivity index (χ3n) is 5.70. The van der Waals surface area contributed by atoms with E-state index in [2.05, 4.69) is 23.8 Å². The molecule has 1 aromatic carbocycles. The molecule has 3 heterocycles. The summed E-state index contributed by atoms with van der Waals surface area (Å²) in [5, 5.41) is 0. The molecule has 2 aromatic heterocycles. The van der Waals surface area contributed by atoms with Crippen LogP contribution in [-0.2, 0) is 22.6 Å². The molecule has 0 N–H and O–H groups in total. The molecule has 0 atom stereocenters. The Morgan fingerprint density at radius 1 is 1.09 bits per heavy atom. The number of piperidine rings is 1. The van der Waals surface area contributed by atoms with Crippen molar-refractivity contribution in [2.24, 2.45) is 5.92 Å². The molecule has 10 heteroatoms. The number of rotatable bonds is 5. The van der Waals surface area contributed by atoms with Gasteiger partial charge in [-0.3, -0.25) is 0 Å². The van der Waals surface area contributed by atoms with Gasteiger partial charge in [0.15, 0.2) is 5.65 Å². The summed E-state index contributed by atoms with van der Waals surface area (Å²) in [4.78, 5) is 8.05. The number of alkyl halides is 3. The van der Waals surface area contributed by atoms with Gasteiger partial charge in [-0.15, -0.1) is 0 Å². The van der Waals surface area contributed by atoms with Gasteiger partial charge in [-0.2, -0.15) is 17.5 Å². The first-order valence-corrected chi connectivity index (χ1v) is 12.0. The first kappa shape index (κ1) is 22.7. The van der Waals surface area contributed by atoms with Gasteiger partial charge >= 0.3 is 6.18 Å². The van der Waals surface area contributed by atoms with E-state index < -0.39 is 28.1 Å². The van der Waals surface area contributed by atoms with Crippen LogP contribution in [0.5, 0.6) is 0 Å². The van der Waals surface area contributed by atoms with Crippen molar-refractivity contribution in [3.63, 3.8) is 0 Å². The summed E-state index contributed by atoms with van der Waals surface area (Å²) in [5.41, 5.74) is 1.41. The molecule has 1 fully saturated rings. The molecular formula is C22H25F3N4O2S. The normalized spacial score (nSPS) is 16.8. The molecule has 0 unspecified atom stereocenters. The second-order valence-electron chi connectivity index (χ2n) is 8.53. The number of imidazole rings is 1. The van der Waals surface area contributed by atoms with E-state index in [1.165, 1.54) is 16.6 Å². The number of hydrogen-bond donors (Lipinski definition) is 0. The average molecular weight is 467 g/mol. The highest BCUT2D eigenvalue weighted by Crippen LogP contribution is 2.36. The molecule has 1 saturated heterocycles. The fraction of sp³-hybridized carbons (Fsp3) is 0.455. The first-order valence-electron chi connectivity index (χ1n) is 10.6. The van der Waals surface area contributed by atoms with Crippen molar-refractivity contribution in [1.29, 1.82) is 0 Å². The highest BCUT2D eigenvalue weighted by Gasteiger charge is 2.41. The zero-order valence-corrected chi connectivity index (χ0v) is 18.7. The van der Waals surface area contributed by atoms with Crippen LogP contribution in [-0.4, -0.2) is 40.3 Å². The Kier molecular flexibility index (Phi) is 6.02. The van der Waals surface area contributed by atoms with Gasteiger partial charge in [-0.05, 0) is 55.0 Å². The lowest BCUT2D eigenvalue weighted by atomic mass is 10.0. The Bertz CT molecular complexity index is 1200. The molecule has 0 radical (unpaired) electrons. The van der Waals surface area contributed by atoms with Crippen molar-refractivity contribution in [1.82, 2.24) is 18.8 Å². The SMILES string of the molecule is CC(C)Cc1ccc(S(=O)(=O)N2CCC(n3c(C(F)(F)F)nc4cccnc43)CC2)cc1. The summed E-state index contributed by atoms with van der Waals surface area (Å²) in [5.74, 6) is -0.528. The Morgan fingerprint density at radius 2 is 1.75 bits per heavy atom. The minimum atomic E-state index is -4.62. The predicted octanol–water partition coefficient (Wildman–Crippen LogP) is 4.67. The quantitative estimate of drug-likeness (QED) is 0.548. The molecule has 0 amide bonds. The summed E-state index contributed by atoms with van der Waals surface area (Å²) < 4.78 is 69.5. The molecule has 0 spiro atoms. The molecule has 0 bridgehead atoms. The molecule has 172 valence electrons. The molecule has 1 aliphatic rings. The van der Waals surface area contributed by atoms with Gasteiger partial charge in [0.1, 0.15) is 5.52 Å². The second-order valence-corrected chi connectivity index (χ2v) is 10.5. The minimum Gasteiger partial charge on any atom is -0.302 e. The molecule has 0 saturated carbocycles. The lowest BCUT2D eigenvalue weighted by Crippen LogP contribution is -2.39. The zero-order valence-electron chi connectivity index (χ0n) is 17.9. The number of hydrogen-bond acceptors (Lipinski definition) is 4. The number of pyridine rings is 1. The molecule has 32 heavy (non-hydrogen) atoms. The number of fused-ring (bicyclic) bond motifs is 1. The molecule has 4 rings (SSSR count). The Labute approximate surface area is 185 Å². The Balaban J connectivity index is 1.55. The van der Waals surface area contributed by atoms with E-state index in [4.69, 9.17) is 0 Å². The molecule has 0 aliphatic carbocycles. The number of benzene rings is 1. The number of halogens is 3. The van der Waals surface area contributed by atoms with E-state index in [0.29, 0.717) is 5.92 Å². The lowest BCUT2D eigenvalue weighted by molar-refractivity contribution is -0.147. The van der Waals surface area contributed by atoms with Crippen LogP contribution in [0.4, 0.5) is 13.2 Å². The highest BCUT2D eigenvalue weighted by atomic mass is 32.2. The number of nitrogens with zero attached hydrogens (tertiary/aromatic N) is 4. The van der Waals surface area contributed by atoms with E-state index in [-0.39, 0.29) is 42.0 Å². The van der Waals surface area contributed by atoms with Crippen molar-refractivity contribution in [2.75, 3.05) is 13.1 Å². The summed E-state index contributed by atoms with van der Waals surface area (Å²) in [6.45, 7) is 4.45. The van der Waals surface area contributed by atoms with Crippen LogP contribution in [0.25, 0.3) is 11.2 Å². The first-order chi connectivity index (χ1) is 15.1. The largest absolute Gasteiger partial charge is 0.449 e. The fourth-order valence-corrected chi connectivity index (χ4v) is 5.70. The third kappa shape index (κ3) is 4.38. The average Bonchev–Trinajstić information content (AvgIpc) is 3.14. The standard InChI is InChI=1S/C22H25F3N4O2S/c1-15(2)14-16-5-7-18(8-6-16)32(30,31)28-12-9-17(10-13-28)29-20-19(4-3-11-26-20)27-21(29)22(23,24)25/h3-8,11,15,17H,9-10,12-14H2,1-2H3. The van der Waals surface area contributed by atoms with Crippen LogP contribution in [0, 0.1) is 5.92 Å². The maximum absolute atomic E-state index is 13.6. The highest BCUT2D eigenvalue weighted by molar-refractivity contribution is 7.89. The smallest absolute Gasteiger partial charge is 0.302 e. The van der Waals surface area contributed by atoms with Gasteiger partial charge in [-0.1, -0.05) is 26.0 Å². The van der Waals surface area contributed by atoms with Crippen LogP contribution < -0.4 is 0 Å². The van der Waals surface area contributed by atoms with Gasteiger partial charge < -0.3 is 4.57 Å². The van der Waals surface area contributed by atoms with Gasteiger partial charge in [0.05, 0.1) is 4.90 Å². The Morgan fingerprint density at radius 3 is 2.34 bits per heavy atom. The number of aromatic nitrogens is 3. The van der Waals surface area contributed by atoms with E-state index in [9.17, 15) is 21.6 Å². The summed E-state index contributed by atoms with van der Waals surface area (Å²) in [7, 11) is -3.71. The van der Waals surface area contributed by atoms with Crippen LogP contribution in [0.1, 0.15) is 44.1 Å². The van der Waals surface area contributed by atoms with Crippen molar-refractivity contribution < 1.29 is 21.6 Å². The maximum atomic E-state index is 13.6. The summed E-state index contributed by atoms with van der Waals surface area (Å²) >= 11 is 0. The van der Waals surface area contributed by atoms with E-state index in [1.807, 2.05) is 12.1 Å². The summed E-state index contributed by atoms with van der Waals surface area (Å²) in [6, 6.07) is 9.35. The lowest BCUT2D eigenvalue weighted by Gasteiger charge is -2.32. The van der Waals surface area contributed by atoms with Crippen LogP contribution in [0.15, 0.2) is 47.5 Å². The van der Waals surface area contributed by atoms with Crippen molar-refractivity contribution in [2.45, 2.75) is 50.2 Å². The van der Waals surface area contributed by atoms with Gasteiger partial charge in [-0.25, -0.2) is 18.4 Å². The number of sulfonamides is 1. The van der Waals surface area contributed by atoms with Crippen LogP contribution in [0.3, 0.4) is 0 Å².